The average Bonchev–Trinajstić information content (AvgIpc) is 2.89. The number of hydrogen-bond donors (Lipinski definition) is 2. The molecule has 1 aromatic carbocycles. The highest BCUT2D eigenvalue weighted by molar-refractivity contribution is 7.16. The normalized spacial score (nSPS) is 9.86. The van der Waals surface area contributed by atoms with Gasteiger partial charge in [-0.05, 0) is 36.8 Å². The monoisotopic (exact) mass is 319 g/mol. The Kier molecular flexibility index (Phi) is 5.40. The van der Waals surface area contributed by atoms with Crippen LogP contribution in [0.25, 0.3) is 0 Å². The molecule has 0 saturated heterocycles. The zero-order valence-corrected chi connectivity index (χ0v) is 13.0. The number of carbonyl (C=O) groups excluding carboxylic acids is 1. The summed E-state index contributed by atoms with van der Waals surface area (Å²) >= 11 is 7.30. The summed E-state index contributed by atoms with van der Waals surface area (Å²) in [6, 6.07) is 9.07. The highest BCUT2D eigenvalue weighted by Crippen LogP contribution is 2.21. The molecule has 0 spiro atoms. The van der Waals surface area contributed by atoms with Crippen molar-refractivity contribution in [3.8, 4) is 11.8 Å². The molecule has 1 amide bonds. The minimum atomic E-state index is -0.199. The van der Waals surface area contributed by atoms with E-state index in [4.69, 9.17) is 16.7 Å². The highest BCUT2D eigenvalue weighted by atomic mass is 35.5. The van der Waals surface area contributed by atoms with Crippen LogP contribution in [0.15, 0.2) is 30.3 Å². The lowest BCUT2D eigenvalue weighted by atomic mass is 10.0. The molecule has 0 unspecified atom stereocenters. The SMILES string of the molecule is Cc1c(C#CCO)cccc1C(=O)NCc1ccc(Cl)s1. The molecular formula is C16H14ClNO2S. The van der Waals surface area contributed by atoms with Crippen molar-refractivity contribution in [3.05, 3.63) is 56.2 Å². The van der Waals surface area contributed by atoms with Crippen molar-refractivity contribution >= 4 is 28.8 Å². The Hall–Kier alpha value is -1.80. The van der Waals surface area contributed by atoms with E-state index >= 15 is 0 Å². The van der Waals surface area contributed by atoms with Crippen LogP contribution in [0, 0.1) is 18.8 Å². The van der Waals surface area contributed by atoms with Crippen molar-refractivity contribution in [3.63, 3.8) is 0 Å². The van der Waals surface area contributed by atoms with Gasteiger partial charge in [-0.2, -0.15) is 0 Å². The third-order valence-corrected chi connectivity index (χ3v) is 4.16. The number of amides is 1. The van der Waals surface area contributed by atoms with E-state index in [1.165, 1.54) is 11.3 Å². The highest BCUT2D eigenvalue weighted by Gasteiger charge is 2.11. The number of rotatable bonds is 3. The maximum atomic E-state index is 12.2. The lowest BCUT2D eigenvalue weighted by Crippen LogP contribution is -2.23. The van der Waals surface area contributed by atoms with Gasteiger partial charge in [-0.1, -0.05) is 29.5 Å². The number of aliphatic hydroxyl groups excluding tert-OH is 1. The summed E-state index contributed by atoms with van der Waals surface area (Å²) in [5.74, 6) is 5.28. The largest absolute Gasteiger partial charge is 0.384 e. The van der Waals surface area contributed by atoms with Gasteiger partial charge < -0.3 is 10.4 Å². The first kappa shape index (κ1) is 15.6. The van der Waals surface area contributed by atoms with Gasteiger partial charge in [0.2, 0.25) is 0 Å². The van der Waals surface area contributed by atoms with Gasteiger partial charge >= 0.3 is 0 Å². The standard InChI is InChI=1S/C16H14ClNO2S/c1-11-12(5-3-9-19)4-2-6-14(11)16(20)18-10-13-7-8-15(17)21-13/h2,4,6-8,19H,9-10H2,1H3,(H,18,20). The third kappa shape index (κ3) is 4.08. The molecule has 0 bridgehead atoms. The Balaban J connectivity index is 2.12. The molecule has 0 saturated carbocycles. The lowest BCUT2D eigenvalue weighted by molar-refractivity contribution is 0.0950. The van der Waals surface area contributed by atoms with E-state index in [0.717, 1.165) is 16.0 Å². The Morgan fingerprint density at radius 3 is 2.86 bits per heavy atom. The van der Waals surface area contributed by atoms with Gasteiger partial charge in [0.1, 0.15) is 6.61 Å². The smallest absolute Gasteiger partial charge is 0.251 e. The van der Waals surface area contributed by atoms with Crippen LogP contribution in [-0.2, 0) is 6.54 Å². The molecule has 0 radical (unpaired) electrons. The van der Waals surface area contributed by atoms with Gasteiger partial charge in [-0.15, -0.1) is 11.3 Å². The molecule has 1 aromatic heterocycles. The van der Waals surface area contributed by atoms with Crippen molar-refractivity contribution in [1.82, 2.24) is 5.32 Å². The molecule has 0 atom stereocenters. The summed E-state index contributed by atoms with van der Waals surface area (Å²) in [5.41, 5.74) is 2.14. The number of aliphatic hydroxyl groups is 1. The van der Waals surface area contributed by atoms with E-state index < -0.39 is 0 Å². The van der Waals surface area contributed by atoms with Crippen LogP contribution in [0.1, 0.15) is 26.4 Å². The van der Waals surface area contributed by atoms with Gasteiger partial charge in [0.15, 0.2) is 0 Å². The molecule has 0 aliphatic heterocycles. The van der Waals surface area contributed by atoms with Crippen LogP contribution < -0.4 is 5.32 Å². The van der Waals surface area contributed by atoms with Crippen molar-refractivity contribution in [2.75, 3.05) is 6.61 Å². The van der Waals surface area contributed by atoms with E-state index in [0.29, 0.717) is 16.4 Å². The summed E-state index contributed by atoms with van der Waals surface area (Å²) in [6.45, 7) is 2.09. The molecule has 2 aromatic rings. The van der Waals surface area contributed by atoms with Crippen LogP contribution in [-0.4, -0.2) is 17.6 Å². The topological polar surface area (TPSA) is 49.3 Å². The predicted molar refractivity (Wildman–Crippen MR) is 85.6 cm³/mol. The number of halogens is 1. The first-order chi connectivity index (χ1) is 10.1. The first-order valence-electron chi connectivity index (χ1n) is 6.33. The average molecular weight is 320 g/mol. The number of hydrogen-bond acceptors (Lipinski definition) is 3. The van der Waals surface area contributed by atoms with E-state index in [1.54, 1.807) is 12.1 Å². The van der Waals surface area contributed by atoms with Crippen LogP contribution in [0.5, 0.6) is 0 Å². The quantitative estimate of drug-likeness (QED) is 0.855. The van der Waals surface area contributed by atoms with Crippen molar-refractivity contribution in [2.45, 2.75) is 13.5 Å². The second-order valence-corrected chi connectivity index (χ2v) is 6.13. The zero-order valence-electron chi connectivity index (χ0n) is 11.4. The minimum Gasteiger partial charge on any atom is -0.384 e. The van der Waals surface area contributed by atoms with Crippen LogP contribution in [0.4, 0.5) is 0 Å². The van der Waals surface area contributed by atoms with Gasteiger partial charge in [-0.3, -0.25) is 4.79 Å². The maximum absolute atomic E-state index is 12.2. The molecule has 5 heteroatoms. The van der Waals surface area contributed by atoms with E-state index in [-0.39, 0.29) is 12.5 Å². The van der Waals surface area contributed by atoms with Gasteiger partial charge in [0, 0.05) is 16.0 Å². The fraction of sp³-hybridized carbons (Fsp3) is 0.188. The fourth-order valence-electron chi connectivity index (χ4n) is 1.86. The van der Waals surface area contributed by atoms with E-state index in [2.05, 4.69) is 17.2 Å². The molecule has 2 rings (SSSR count). The second-order valence-electron chi connectivity index (χ2n) is 4.33. The van der Waals surface area contributed by atoms with Gasteiger partial charge in [0.25, 0.3) is 5.91 Å². The minimum absolute atomic E-state index is 0.148. The Bertz CT molecular complexity index is 713. The predicted octanol–water partition coefficient (Wildman–Crippen LogP) is 2.98. The maximum Gasteiger partial charge on any atom is 0.251 e. The molecule has 108 valence electrons. The fourth-order valence-corrected chi connectivity index (χ4v) is 2.89. The summed E-state index contributed by atoms with van der Waals surface area (Å²) in [6.07, 6.45) is 0. The van der Waals surface area contributed by atoms with Gasteiger partial charge in [0.05, 0.1) is 10.9 Å². The zero-order chi connectivity index (χ0) is 15.2. The number of benzene rings is 1. The lowest BCUT2D eigenvalue weighted by Gasteiger charge is -2.08. The van der Waals surface area contributed by atoms with E-state index in [1.807, 2.05) is 25.1 Å². The van der Waals surface area contributed by atoms with Crippen LogP contribution >= 0.6 is 22.9 Å². The molecule has 0 aliphatic rings. The molecule has 0 fully saturated rings. The Morgan fingerprint density at radius 2 is 2.19 bits per heavy atom. The molecule has 1 heterocycles. The summed E-state index contributed by atoms with van der Waals surface area (Å²) in [5, 5.41) is 11.6. The van der Waals surface area contributed by atoms with E-state index in [9.17, 15) is 4.79 Å². The van der Waals surface area contributed by atoms with Crippen LogP contribution in [0.3, 0.4) is 0 Å². The molecule has 2 N–H and O–H groups in total. The summed E-state index contributed by atoms with van der Waals surface area (Å²) in [7, 11) is 0. The van der Waals surface area contributed by atoms with Crippen molar-refractivity contribution in [2.24, 2.45) is 0 Å². The van der Waals surface area contributed by atoms with Crippen molar-refractivity contribution < 1.29 is 9.90 Å². The number of carbonyl (C=O) groups is 1. The van der Waals surface area contributed by atoms with Crippen LogP contribution in [0.2, 0.25) is 4.34 Å². The molecule has 21 heavy (non-hydrogen) atoms. The Morgan fingerprint density at radius 1 is 1.38 bits per heavy atom. The first-order valence-corrected chi connectivity index (χ1v) is 7.53. The number of nitrogens with one attached hydrogen (secondary N) is 1. The summed E-state index contributed by atoms with van der Waals surface area (Å²) in [4.78, 5) is 13.2. The van der Waals surface area contributed by atoms with Gasteiger partial charge in [-0.25, -0.2) is 0 Å². The Labute approximate surface area is 132 Å². The second kappa shape index (κ2) is 7.28. The van der Waals surface area contributed by atoms with Crippen molar-refractivity contribution in [1.29, 1.82) is 0 Å². The summed E-state index contributed by atoms with van der Waals surface area (Å²) < 4.78 is 0.705. The molecule has 0 aliphatic carbocycles. The number of thiophene rings is 1. The molecular weight excluding hydrogens is 306 g/mol. The third-order valence-electron chi connectivity index (χ3n) is 2.93. The molecule has 3 nitrogen and oxygen atoms in total.